The Hall–Kier alpha value is -1.07. The van der Waals surface area contributed by atoms with Gasteiger partial charge in [0.1, 0.15) is 5.75 Å². The Morgan fingerprint density at radius 2 is 1.89 bits per heavy atom. The molecule has 2 N–H and O–H groups in total. The molecule has 0 aromatic heterocycles. The quantitative estimate of drug-likeness (QED) is 0.819. The van der Waals surface area contributed by atoms with Gasteiger partial charge in [0.15, 0.2) is 6.10 Å². The van der Waals surface area contributed by atoms with Gasteiger partial charge in [0.25, 0.3) is 0 Å². The van der Waals surface area contributed by atoms with Crippen molar-refractivity contribution in [3.05, 3.63) is 26.7 Å². The molecule has 0 saturated carbocycles. The number of fused-ring (bicyclic) bond motifs is 1. The number of halogens is 1. The molecule has 0 spiro atoms. The third-order valence-corrected chi connectivity index (χ3v) is 4.60. The number of hydrogen-bond acceptors (Lipinski definition) is 4. The Kier molecular flexibility index (Phi) is 4.16. The zero-order chi connectivity index (χ0) is 14.2. The molecule has 1 aromatic carbocycles. The Bertz CT molecular complexity index is 525. The minimum atomic E-state index is -1.45. The van der Waals surface area contributed by atoms with E-state index in [1.807, 2.05) is 6.92 Å². The van der Waals surface area contributed by atoms with Crippen LogP contribution in [0.15, 0.2) is 4.47 Å². The number of carbonyl (C=O) groups is 1. The summed E-state index contributed by atoms with van der Waals surface area (Å²) in [5.41, 5.74) is 3.24. The van der Waals surface area contributed by atoms with E-state index in [9.17, 15) is 15.0 Å². The molecule has 0 amide bonds. The van der Waals surface area contributed by atoms with Gasteiger partial charge >= 0.3 is 5.97 Å². The van der Waals surface area contributed by atoms with Crippen LogP contribution in [0.4, 0.5) is 0 Å². The minimum Gasteiger partial charge on any atom is -0.506 e. The lowest BCUT2D eigenvalue weighted by atomic mass is 9.84. The number of phenols is 1. The molecule has 2 rings (SSSR count). The summed E-state index contributed by atoms with van der Waals surface area (Å²) in [6, 6.07) is 0. The van der Waals surface area contributed by atoms with Crippen LogP contribution in [-0.2, 0) is 22.4 Å². The number of carbonyl (C=O) groups excluding carboxylic acids is 1. The van der Waals surface area contributed by atoms with Gasteiger partial charge in [-0.15, -0.1) is 0 Å². The summed E-state index contributed by atoms with van der Waals surface area (Å²) in [4.78, 5) is 11.5. The molecule has 0 aliphatic heterocycles. The normalized spacial score (nSPS) is 15.8. The second-order valence-corrected chi connectivity index (χ2v) is 5.58. The van der Waals surface area contributed by atoms with E-state index in [1.54, 1.807) is 0 Å². The van der Waals surface area contributed by atoms with Gasteiger partial charge in [-0.2, -0.15) is 0 Å². The third-order valence-electron chi connectivity index (χ3n) is 3.75. The zero-order valence-corrected chi connectivity index (χ0v) is 12.6. The molecule has 0 bridgehead atoms. The summed E-state index contributed by atoms with van der Waals surface area (Å²) < 4.78 is 5.13. The molecule has 1 aromatic rings. The van der Waals surface area contributed by atoms with E-state index in [0.29, 0.717) is 4.47 Å². The summed E-state index contributed by atoms with van der Waals surface area (Å²) in [6.07, 6.45) is 2.52. The first-order valence-corrected chi connectivity index (χ1v) is 7.06. The Balaban J connectivity index is 2.62. The van der Waals surface area contributed by atoms with Crippen molar-refractivity contribution in [1.29, 1.82) is 0 Å². The summed E-state index contributed by atoms with van der Waals surface area (Å²) in [5, 5.41) is 20.3. The first-order chi connectivity index (χ1) is 8.99. The smallest absolute Gasteiger partial charge is 0.339 e. The maximum atomic E-state index is 11.5. The third kappa shape index (κ3) is 2.37. The number of benzene rings is 1. The lowest BCUT2D eigenvalue weighted by molar-refractivity contribution is -0.150. The number of esters is 1. The summed E-state index contributed by atoms with van der Waals surface area (Å²) in [6.45, 7) is 1.83. The summed E-state index contributed by atoms with van der Waals surface area (Å²) in [7, 11) is 1.21. The molecule has 1 atom stereocenters. The molecular weight excluding hydrogens is 312 g/mol. The first-order valence-electron chi connectivity index (χ1n) is 6.27. The molecule has 104 valence electrons. The zero-order valence-electron chi connectivity index (χ0n) is 11.0. The lowest BCUT2D eigenvalue weighted by Gasteiger charge is -2.25. The largest absolute Gasteiger partial charge is 0.506 e. The number of aliphatic hydroxyl groups excluding tert-OH is 1. The maximum Gasteiger partial charge on any atom is 0.339 e. The summed E-state index contributed by atoms with van der Waals surface area (Å²) >= 11 is 3.38. The number of aliphatic hydroxyl groups is 1. The van der Waals surface area contributed by atoms with Gasteiger partial charge < -0.3 is 14.9 Å². The fourth-order valence-corrected chi connectivity index (χ4v) is 3.38. The highest BCUT2D eigenvalue weighted by molar-refractivity contribution is 9.10. The molecule has 0 saturated heterocycles. The number of ether oxygens (including phenoxy) is 1. The van der Waals surface area contributed by atoms with E-state index in [0.717, 1.165) is 42.4 Å². The average molecular weight is 329 g/mol. The topological polar surface area (TPSA) is 66.8 Å². The van der Waals surface area contributed by atoms with Crippen LogP contribution in [0.3, 0.4) is 0 Å². The van der Waals surface area contributed by atoms with E-state index in [-0.39, 0.29) is 11.3 Å². The molecule has 19 heavy (non-hydrogen) atoms. The molecule has 4 nitrogen and oxygen atoms in total. The monoisotopic (exact) mass is 328 g/mol. The SMILES string of the molecule is COC(=O)C(O)c1c(C)c2c(c(Br)c1O)CCCC2. The number of hydrogen-bond donors (Lipinski definition) is 2. The van der Waals surface area contributed by atoms with Crippen LogP contribution in [0.2, 0.25) is 0 Å². The predicted molar refractivity (Wildman–Crippen MR) is 74.2 cm³/mol. The van der Waals surface area contributed by atoms with Crippen LogP contribution >= 0.6 is 15.9 Å². The fraction of sp³-hybridized carbons (Fsp3) is 0.500. The van der Waals surface area contributed by atoms with Crippen molar-refractivity contribution in [2.45, 2.75) is 38.7 Å². The molecule has 0 fully saturated rings. The highest BCUT2D eigenvalue weighted by atomic mass is 79.9. The second kappa shape index (κ2) is 5.51. The highest BCUT2D eigenvalue weighted by Gasteiger charge is 2.29. The molecule has 5 heteroatoms. The fourth-order valence-electron chi connectivity index (χ4n) is 2.73. The molecule has 0 heterocycles. The molecular formula is C14H17BrO4. The highest BCUT2D eigenvalue weighted by Crippen LogP contribution is 2.42. The van der Waals surface area contributed by atoms with Crippen LogP contribution < -0.4 is 0 Å². The van der Waals surface area contributed by atoms with E-state index >= 15 is 0 Å². The van der Waals surface area contributed by atoms with Crippen LogP contribution in [-0.4, -0.2) is 23.3 Å². The van der Waals surface area contributed by atoms with Gasteiger partial charge in [-0.25, -0.2) is 4.79 Å². The van der Waals surface area contributed by atoms with Crippen molar-refractivity contribution < 1.29 is 19.7 Å². The number of methoxy groups -OCH3 is 1. The van der Waals surface area contributed by atoms with Gasteiger partial charge in [-0.1, -0.05) is 0 Å². The standard InChI is InChI=1S/C14H17BrO4/c1-7-8-5-3-4-6-9(8)11(15)12(16)10(7)13(17)14(18)19-2/h13,16-17H,3-6H2,1-2H3. The minimum absolute atomic E-state index is 0.0592. The van der Waals surface area contributed by atoms with Crippen molar-refractivity contribution in [3.63, 3.8) is 0 Å². The second-order valence-electron chi connectivity index (χ2n) is 4.79. The van der Waals surface area contributed by atoms with Crippen molar-refractivity contribution in [3.8, 4) is 5.75 Å². The number of phenolic OH excluding ortho intramolecular Hbond substituents is 1. The molecule has 0 radical (unpaired) electrons. The van der Waals surface area contributed by atoms with E-state index in [4.69, 9.17) is 0 Å². The van der Waals surface area contributed by atoms with Crippen molar-refractivity contribution in [1.82, 2.24) is 0 Å². The van der Waals surface area contributed by atoms with Crippen molar-refractivity contribution >= 4 is 21.9 Å². The number of aromatic hydroxyl groups is 1. The van der Waals surface area contributed by atoms with Gasteiger partial charge in [0.2, 0.25) is 0 Å². The predicted octanol–water partition coefficient (Wildman–Crippen LogP) is 2.55. The lowest BCUT2D eigenvalue weighted by Crippen LogP contribution is -2.17. The van der Waals surface area contributed by atoms with Gasteiger partial charge in [0.05, 0.1) is 11.6 Å². The van der Waals surface area contributed by atoms with Gasteiger partial charge in [-0.3, -0.25) is 0 Å². The van der Waals surface area contributed by atoms with Gasteiger partial charge in [-0.05, 0) is 65.2 Å². The van der Waals surface area contributed by atoms with Gasteiger partial charge in [0, 0.05) is 5.56 Å². The Morgan fingerprint density at radius 3 is 2.47 bits per heavy atom. The van der Waals surface area contributed by atoms with Crippen LogP contribution in [0, 0.1) is 6.92 Å². The van der Waals surface area contributed by atoms with E-state index in [2.05, 4.69) is 20.7 Å². The van der Waals surface area contributed by atoms with Crippen molar-refractivity contribution in [2.24, 2.45) is 0 Å². The average Bonchev–Trinajstić information content (AvgIpc) is 2.44. The van der Waals surface area contributed by atoms with Crippen LogP contribution in [0.5, 0.6) is 5.75 Å². The van der Waals surface area contributed by atoms with E-state index in [1.165, 1.54) is 7.11 Å². The van der Waals surface area contributed by atoms with Crippen LogP contribution in [0.25, 0.3) is 0 Å². The Morgan fingerprint density at radius 1 is 1.32 bits per heavy atom. The molecule has 1 aliphatic carbocycles. The molecule has 1 aliphatic rings. The Labute approximate surface area is 120 Å². The van der Waals surface area contributed by atoms with Crippen LogP contribution in [0.1, 0.15) is 41.2 Å². The summed E-state index contributed by atoms with van der Waals surface area (Å²) in [5.74, 6) is -0.822. The first kappa shape index (κ1) is 14.3. The van der Waals surface area contributed by atoms with E-state index < -0.39 is 12.1 Å². The maximum absolute atomic E-state index is 11.5. The molecule has 1 unspecified atom stereocenters. The number of rotatable bonds is 2. The van der Waals surface area contributed by atoms with Crippen molar-refractivity contribution in [2.75, 3.05) is 7.11 Å².